The normalized spacial score (nSPS) is 14.1. The summed E-state index contributed by atoms with van der Waals surface area (Å²) in [5, 5.41) is 10.0. The number of benzene rings is 2. The van der Waals surface area contributed by atoms with Crippen LogP contribution in [0.2, 0.25) is 5.02 Å². The monoisotopic (exact) mass is 418 g/mol. The van der Waals surface area contributed by atoms with Crippen molar-refractivity contribution in [2.45, 2.75) is 0 Å². The Hall–Kier alpha value is -3.56. The van der Waals surface area contributed by atoms with Gasteiger partial charge in [-0.15, -0.1) is 0 Å². The van der Waals surface area contributed by atoms with Crippen LogP contribution in [-0.2, 0) is 0 Å². The number of aromatic nitrogens is 1. The number of oxazole rings is 1. The Morgan fingerprint density at radius 3 is 2.53 bits per heavy atom. The molecule has 0 N–H and O–H groups in total. The zero-order valence-electron chi connectivity index (χ0n) is 16.2. The third-order valence-electron chi connectivity index (χ3n) is 4.88. The van der Waals surface area contributed by atoms with Gasteiger partial charge in [0, 0.05) is 42.8 Å². The number of rotatable bonds is 4. The first-order valence-electron chi connectivity index (χ1n) is 9.58. The van der Waals surface area contributed by atoms with Gasteiger partial charge in [0.15, 0.2) is 0 Å². The molecule has 0 bridgehead atoms. The molecule has 4 rings (SSSR count). The molecule has 150 valence electrons. The number of hydrogen-bond donors (Lipinski definition) is 0. The van der Waals surface area contributed by atoms with E-state index in [1.807, 2.05) is 41.3 Å². The maximum atomic E-state index is 12.7. The molecule has 0 spiro atoms. The van der Waals surface area contributed by atoms with Crippen molar-refractivity contribution in [3.63, 3.8) is 0 Å². The van der Waals surface area contributed by atoms with Crippen molar-refractivity contribution >= 4 is 35.5 Å². The van der Waals surface area contributed by atoms with Gasteiger partial charge in [-0.05, 0) is 29.8 Å². The number of anilines is 1. The lowest BCUT2D eigenvalue weighted by Crippen LogP contribution is -2.48. The Morgan fingerprint density at radius 2 is 1.83 bits per heavy atom. The second-order valence-corrected chi connectivity index (χ2v) is 7.29. The summed E-state index contributed by atoms with van der Waals surface area (Å²) in [6.45, 7) is 2.15. The summed E-state index contributed by atoms with van der Waals surface area (Å²) in [6, 6.07) is 18.8. The Balaban J connectivity index is 1.44. The van der Waals surface area contributed by atoms with E-state index in [2.05, 4.69) is 11.1 Å². The van der Waals surface area contributed by atoms with Gasteiger partial charge in [-0.25, -0.2) is 0 Å². The largest absolute Gasteiger partial charge is 0.420 e. The standard InChI is InChI=1S/C23H19ClN4O2/c24-19-8-4-7-18(15-19)22(29)27-11-13-28(14-12-27)23-20(16-25)26-21(30-23)10-9-17-5-2-1-3-6-17/h1-10,15H,11-14H2. The molecule has 1 saturated heterocycles. The third-order valence-corrected chi connectivity index (χ3v) is 5.11. The van der Waals surface area contributed by atoms with Crippen LogP contribution in [0.15, 0.2) is 59.0 Å². The van der Waals surface area contributed by atoms with Crippen LogP contribution in [0, 0.1) is 11.3 Å². The molecule has 1 aliphatic heterocycles. The van der Waals surface area contributed by atoms with Gasteiger partial charge in [0.05, 0.1) is 0 Å². The van der Waals surface area contributed by atoms with Gasteiger partial charge in [0.1, 0.15) is 6.07 Å². The average Bonchev–Trinajstić information content (AvgIpc) is 3.21. The van der Waals surface area contributed by atoms with Crippen LogP contribution in [0.1, 0.15) is 27.5 Å². The lowest BCUT2D eigenvalue weighted by Gasteiger charge is -2.34. The molecule has 3 aromatic rings. The molecule has 0 radical (unpaired) electrons. The van der Waals surface area contributed by atoms with E-state index in [-0.39, 0.29) is 11.6 Å². The van der Waals surface area contributed by atoms with Crippen molar-refractivity contribution in [2.75, 3.05) is 31.1 Å². The third kappa shape index (κ3) is 4.37. The van der Waals surface area contributed by atoms with Crippen LogP contribution in [0.3, 0.4) is 0 Å². The van der Waals surface area contributed by atoms with Crippen molar-refractivity contribution in [2.24, 2.45) is 0 Å². The maximum absolute atomic E-state index is 12.7. The number of piperazine rings is 1. The molecule has 0 unspecified atom stereocenters. The molecule has 0 saturated carbocycles. The van der Waals surface area contributed by atoms with Crippen molar-refractivity contribution in [3.8, 4) is 6.07 Å². The summed E-state index contributed by atoms with van der Waals surface area (Å²) < 4.78 is 5.85. The summed E-state index contributed by atoms with van der Waals surface area (Å²) in [5.41, 5.74) is 1.84. The minimum Gasteiger partial charge on any atom is -0.420 e. The zero-order chi connectivity index (χ0) is 20.9. The smallest absolute Gasteiger partial charge is 0.254 e. The quantitative estimate of drug-likeness (QED) is 0.630. The van der Waals surface area contributed by atoms with E-state index >= 15 is 0 Å². The van der Waals surface area contributed by atoms with Gasteiger partial charge in [-0.1, -0.05) is 48.0 Å². The molecule has 2 heterocycles. The maximum Gasteiger partial charge on any atom is 0.254 e. The molecule has 1 aliphatic rings. The van der Waals surface area contributed by atoms with Crippen LogP contribution >= 0.6 is 11.6 Å². The highest BCUT2D eigenvalue weighted by Gasteiger charge is 2.26. The van der Waals surface area contributed by atoms with E-state index in [0.717, 1.165) is 5.56 Å². The zero-order valence-corrected chi connectivity index (χ0v) is 16.9. The summed E-state index contributed by atoms with van der Waals surface area (Å²) in [6.07, 6.45) is 3.64. The van der Waals surface area contributed by atoms with E-state index in [1.165, 1.54) is 0 Å². The van der Waals surface area contributed by atoms with Gasteiger partial charge >= 0.3 is 0 Å². The predicted octanol–water partition coefficient (Wildman–Crippen LogP) is 4.33. The number of hydrogen-bond acceptors (Lipinski definition) is 5. The molecule has 1 amide bonds. The number of carbonyl (C=O) groups is 1. The molecular weight excluding hydrogens is 400 g/mol. The molecule has 30 heavy (non-hydrogen) atoms. The Bertz CT molecular complexity index is 1110. The van der Waals surface area contributed by atoms with Gasteiger partial charge in [-0.2, -0.15) is 10.2 Å². The summed E-state index contributed by atoms with van der Waals surface area (Å²) in [4.78, 5) is 20.7. The number of nitrogens with zero attached hydrogens (tertiary/aromatic N) is 4. The van der Waals surface area contributed by atoms with Crippen molar-refractivity contribution in [1.82, 2.24) is 9.88 Å². The van der Waals surface area contributed by atoms with Gasteiger partial charge < -0.3 is 14.2 Å². The Labute approximate surface area is 179 Å². The van der Waals surface area contributed by atoms with Gasteiger partial charge in [0.2, 0.25) is 17.5 Å². The highest BCUT2D eigenvalue weighted by Crippen LogP contribution is 2.25. The average molecular weight is 419 g/mol. The molecule has 2 aromatic carbocycles. The second-order valence-electron chi connectivity index (χ2n) is 6.85. The van der Waals surface area contributed by atoms with E-state index in [4.69, 9.17) is 16.0 Å². The number of halogens is 1. The Morgan fingerprint density at radius 1 is 1.07 bits per heavy atom. The minimum absolute atomic E-state index is 0.0540. The lowest BCUT2D eigenvalue weighted by molar-refractivity contribution is 0.0745. The SMILES string of the molecule is N#Cc1nc(C=Cc2ccccc2)oc1N1CCN(C(=O)c2cccc(Cl)c2)CC1. The van der Waals surface area contributed by atoms with Gasteiger partial charge in [0.25, 0.3) is 5.91 Å². The van der Waals surface area contributed by atoms with Crippen molar-refractivity contribution < 1.29 is 9.21 Å². The molecule has 0 atom stereocenters. The molecule has 0 aliphatic carbocycles. The van der Waals surface area contributed by atoms with E-state index in [9.17, 15) is 10.1 Å². The fourth-order valence-corrected chi connectivity index (χ4v) is 3.53. The first-order valence-corrected chi connectivity index (χ1v) is 9.95. The molecule has 1 aromatic heterocycles. The molecule has 7 heteroatoms. The van der Waals surface area contributed by atoms with Gasteiger partial charge in [-0.3, -0.25) is 4.79 Å². The highest BCUT2D eigenvalue weighted by atomic mass is 35.5. The Kier molecular flexibility index (Phi) is 5.82. The van der Waals surface area contributed by atoms with Crippen LogP contribution in [0.5, 0.6) is 0 Å². The van der Waals surface area contributed by atoms with E-state index < -0.39 is 0 Å². The first kappa shape index (κ1) is 19.7. The summed E-state index contributed by atoms with van der Waals surface area (Å²) >= 11 is 6.00. The van der Waals surface area contributed by atoms with E-state index in [1.54, 1.807) is 35.2 Å². The fourth-order valence-electron chi connectivity index (χ4n) is 3.34. The van der Waals surface area contributed by atoms with Crippen LogP contribution < -0.4 is 4.90 Å². The highest BCUT2D eigenvalue weighted by molar-refractivity contribution is 6.30. The number of nitriles is 1. The van der Waals surface area contributed by atoms with Crippen LogP contribution in [0.25, 0.3) is 12.2 Å². The first-order chi connectivity index (χ1) is 14.6. The van der Waals surface area contributed by atoms with E-state index in [0.29, 0.717) is 48.5 Å². The van der Waals surface area contributed by atoms with Crippen molar-refractivity contribution in [1.29, 1.82) is 5.26 Å². The molecule has 1 fully saturated rings. The molecular formula is C23H19ClN4O2. The minimum atomic E-state index is -0.0540. The predicted molar refractivity (Wildman–Crippen MR) is 116 cm³/mol. The summed E-state index contributed by atoms with van der Waals surface area (Å²) in [7, 11) is 0. The lowest BCUT2D eigenvalue weighted by atomic mass is 10.2. The topological polar surface area (TPSA) is 73.4 Å². The second kappa shape index (κ2) is 8.85. The van der Waals surface area contributed by atoms with Crippen LogP contribution in [-0.4, -0.2) is 42.0 Å². The van der Waals surface area contributed by atoms with Crippen LogP contribution in [0.4, 0.5) is 5.88 Å². The summed E-state index contributed by atoms with van der Waals surface area (Å²) in [5.74, 6) is 0.768. The van der Waals surface area contributed by atoms with Crippen molar-refractivity contribution in [3.05, 3.63) is 82.3 Å². The number of carbonyl (C=O) groups excluding carboxylic acids is 1. The fraction of sp³-hybridized carbons (Fsp3) is 0.174. The molecule has 6 nitrogen and oxygen atoms in total. The number of amides is 1.